The minimum absolute atomic E-state index is 0.303. The predicted octanol–water partition coefficient (Wildman–Crippen LogP) is 17.2. The number of hydrogen-bond donors (Lipinski definition) is 0. The van der Waals surface area contributed by atoms with Crippen molar-refractivity contribution in [3.63, 3.8) is 0 Å². The normalized spacial score (nSPS) is 14.9. The smallest absolute Gasteiger partial charge is 0.406 e. The maximum atomic E-state index is 12.4. The summed E-state index contributed by atoms with van der Waals surface area (Å²) in [4.78, 5) is 45.7. The van der Waals surface area contributed by atoms with Gasteiger partial charge in [-0.05, 0) is 224 Å². The van der Waals surface area contributed by atoms with E-state index < -0.39 is 25.4 Å². The molecule has 4 fully saturated rings. The predicted molar refractivity (Wildman–Crippen MR) is 506 cm³/mol. The summed E-state index contributed by atoms with van der Waals surface area (Å²) in [5, 5.41) is 34.5. The number of hydrogen-bond acceptors (Lipinski definition) is 30. The van der Waals surface area contributed by atoms with Gasteiger partial charge in [0.05, 0.1) is 26.2 Å². The van der Waals surface area contributed by atoms with Gasteiger partial charge in [-0.1, -0.05) is 44.9 Å². The van der Waals surface area contributed by atoms with Gasteiger partial charge >= 0.3 is 25.4 Å². The van der Waals surface area contributed by atoms with Gasteiger partial charge in [0.15, 0.2) is 22.9 Å². The number of halogens is 12. The Morgan fingerprint density at radius 1 is 0.271 bits per heavy atom. The van der Waals surface area contributed by atoms with Crippen molar-refractivity contribution in [3.8, 4) is 114 Å². The van der Waals surface area contributed by atoms with Crippen LogP contribution in [-0.4, -0.2) is 268 Å². The van der Waals surface area contributed by atoms with Crippen molar-refractivity contribution in [3.05, 3.63) is 252 Å². The second-order valence-electron chi connectivity index (χ2n) is 34.7. The number of benzene rings is 6. The summed E-state index contributed by atoms with van der Waals surface area (Å²) in [5.41, 5.74) is 10.8. The highest BCUT2D eigenvalue weighted by Crippen LogP contribution is 2.37. The first-order valence-corrected chi connectivity index (χ1v) is 45.7. The Kier molecular flexibility index (Phi) is 30.2. The molecule has 0 unspecified atom stereocenters. The zero-order valence-corrected chi connectivity index (χ0v) is 79.2. The SMILES string of the molecule is Cc1nc(-c2cc(-c3ccc(OC(F)(F)F)cc3)no2)nn1Cc1cccc(N2CCN(C)CC2)c1.Cc1nc(-c2cc(-c3ccc(OC(F)(F)F)cc3)no2)nn1Cc1ccnc(N2CCN(C)CC2)c1.Cc1nc(-c2cc(-c3ccc(OC(F)(F)F)cc3)on2)nn1Cc1cccc(N2CCN(C)CC2)c1.Cc1nc(-c2cc(-c3ccc(OC(F)(F)F)cc3)on2)nn1Cc1ccnc(N2CCN(C)CC2)c1. The van der Waals surface area contributed by atoms with E-state index in [2.05, 4.69) is 218 Å². The number of alkyl halides is 12. The Bertz CT molecular complexity index is 6120. The summed E-state index contributed by atoms with van der Waals surface area (Å²) in [6.07, 6.45) is -15.3. The van der Waals surface area contributed by atoms with E-state index in [0.29, 0.717) is 129 Å². The molecule has 752 valence electrons. The van der Waals surface area contributed by atoms with Crippen molar-refractivity contribution < 1.29 is 89.7 Å². The molecule has 0 atom stereocenters. The lowest BCUT2D eigenvalue weighted by Crippen LogP contribution is -2.44. The van der Waals surface area contributed by atoms with E-state index in [1.807, 2.05) is 61.6 Å². The molecule has 0 N–H and O–H groups in total. The Hall–Kier alpha value is -15.6. The molecule has 0 saturated carbocycles. The van der Waals surface area contributed by atoms with Crippen LogP contribution in [0.5, 0.6) is 23.0 Å². The number of rotatable bonds is 24. The first-order chi connectivity index (χ1) is 68.9. The topological polar surface area (TPSA) is 316 Å². The molecule has 0 spiro atoms. The van der Waals surface area contributed by atoms with E-state index in [1.54, 1.807) is 33.6 Å². The van der Waals surface area contributed by atoms with Gasteiger partial charge in [-0.25, -0.2) is 48.6 Å². The molecule has 10 aromatic heterocycles. The molecule has 4 saturated heterocycles. The van der Waals surface area contributed by atoms with E-state index in [1.165, 1.54) is 108 Å². The lowest BCUT2D eigenvalue weighted by atomic mass is 10.1. The molecule has 4 aliphatic heterocycles. The van der Waals surface area contributed by atoms with Gasteiger partial charge in [0, 0.05) is 175 Å². The van der Waals surface area contributed by atoms with Crippen LogP contribution >= 0.6 is 0 Å². The molecule has 34 nitrogen and oxygen atoms in total. The molecule has 6 aromatic carbocycles. The fourth-order valence-electron chi connectivity index (χ4n) is 16.1. The fraction of sp³-hybridized carbons (Fsp3) is 0.327. The highest BCUT2D eigenvalue weighted by atomic mass is 19.4. The van der Waals surface area contributed by atoms with Gasteiger partial charge in [0.1, 0.15) is 69.3 Å². The van der Waals surface area contributed by atoms with Gasteiger partial charge in [-0.2, -0.15) is 0 Å². The van der Waals surface area contributed by atoms with Crippen molar-refractivity contribution in [2.24, 2.45) is 0 Å². The average molecular weight is 2000 g/mol. The average Bonchev–Trinajstić information content (AvgIpc) is 1.60. The standard InChI is InChI=1S/2C25H25F3N6O2.2C24H24F3N7O2/c1-17-29-24(22-15-23(36-31-22)19-6-8-21(9-7-19)35-25(26,27)28)30-34(17)16-18-4-3-5-20(14-18)33-12-10-32(2)11-13-33;1-17-29-24(23-15-22(31-36-23)19-6-8-21(9-7-19)35-25(26,27)28)30-34(17)16-18-4-3-5-20(14-18)33-12-10-32(2)11-13-33;1-16-29-23(20-14-21(36-31-20)18-3-5-19(6-4-18)35-24(25,26)27)30-34(16)15-17-7-8-28-22(13-17)33-11-9-32(2)10-12-33;1-16-29-23(21-14-20(31-36-21)18-3-5-19(6-4-18)35-24(25,26)27)30-34(16)15-17-7-8-28-22(13-17)33-11-9-32(2)10-12-33/h2*3-9,14-15H,10-13,16H2,1-2H3;2*3-8,13-14H,9-12,15H2,1-2H3. The van der Waals surface area contributed by atoms with Crippen LogP contribution in [0.25, 0.3) is 91.4 Å². The molecular formula is C98H98F12N26O8. The number of aryl methyl sites for hydroxylation is 4. The highest BCUT2D eigenvalue weighted by Gasteiger charge is 2.35. The van der Waals surface area contributed by atoms with Gasteiger partial charge in [-0.3, -0.25) is 0 Å². The largest absolute Gasteiger partial charge is 0.573 e. The van der Waals surface area contributed by atoms with Crippen LogP contribution in [-0.2, 0) is 26.2 Å². The number of piperazine rings is 4. The summed E-state index contributed by atoms with van der Waals surface area (Å²) < 4.78 is 193. The third-order valence-electron chi connectivity index (χ3n) is 24.0. The lowest BCUT2D eigenvalue weighted by molar-refractivity contribution is -0.275. The molecule has 144 heavy (non-hydrogen) atoms. The summed E-state index contributed by atoms with van der Waals surface area (Å²) >= 11 is 0. The second-order valence-corrected chi connectivity index (χ2v) is 34.7. The Morgan fingerprint density at radius 2 is 0.528 bits per heavy atom. The Labute approximate surface area is 816 Å². The number of nitrogens with zero attached hydrogens (tertiary/aromatic N) is 26. The third kappa shape index (κ3) is 26.8. The minimum Gasteiger partial charge on any atom is -0.406 e. The van der Waals surface area contributed by atoms with Gasteiger partial charge in [-0.15, -0.1) is 73.1 Å². The van der Waals surface area contributed by atoms with Crippen molar-refractivity contribution >= 4 is 23.0 Å². The monoisotopic (exact) mass is 1990 g/mol. The molecule has 0 radical (unpaired) electrons. The number of pyridine rings is 2. The summed E-state index contributed by atoms with van der Waals surface area (Å²) in [6, 6.07) is 53.1. The van der Waals surface area contributed by atoms with E-state index >= 15 is 0 Å². The molecule has 4 aliphatic rings. The zero-order valence-electron chi connectivity index (χ0n) is 79.2. The van der Waals surface area contributed by atoms with Crippen molar-refractivity contribution in [1.29, 1.82) is 0 Å². The zero-order chi connectivity index (χ0) is 101. The fourth-order valence-corrected chi connectivity index (χ4v) is 16.1. The van der Waals surface area contributed by atoms with Crippen LogP contribution < -0.4 is 38.5 Å². The molecular weight excluding hydrogens is 1900 g/mol. The second kappa shape index (κ2) is 43.5. The van der Waals surface area contributed by atoms with E-state index in [9.17, 15) is 52.7 Å². The first-order valence-electron chi connectivity index (χ1n) is 45.7. The van der Waals surface area contributed by atoms with Crippen molar-refractivity contribution in [2.75, 3.05) is 153 Å². The van der Waals surface area contributed by atoms with Gasteiger partial charge < -0.3 is 76.2 Å². The molecule has 0 aliphatic carbocycles. The maximum Gasteiger partial charge on any atom is 0.573 e. The molecule has 46 heteroatoms. The Balaban J connectivity index is 0.000000132. The van der Waals surface area contributed by atoms with Crippen molar-refractivity contribution in [2.45, 2.75) is 79.3 Å². The third-order valence-corrected chi connectivity index (χ3v) is 24.0. The van der Waals surface area contributed by atoms with Crippen molar-refractivity contribution in [1.82, 2.24) is 109 Å². The Morgan fingerprint density at radius 3 is 0.833 bits per heavy atom. The van der Waals surface area contributed by atoms with Crippen LogP contribution in [0.3, 0.4) is 0 Å². The summed E-state index contributed by atoms with van der Waals surface area (Å²) in [5.74, 6) is 6.60. The van der Waals surface area contributed by atoms with Crippen LogP contribution in [0.15, 0.2) is 225 Å². The van der Waals surface area contributed by atoms with E-state index in [0.717, 1.165) is 150 Å². The first kappa shape index (κ1) is 100.0. The molecule has 16 aromatic rings. The van der Waals surface area contributed by atoms with Crippen LogP contribution in [0, 0.1) is 27.7 Å². The quantitative estimate of drug-likeness (QED) is 0.0507. The molecule has 20 rings (SSSR count). The number of anilines is 4. The highest BCUT2D eigenvalue weighted by molar-refractivity contribution is 5.68. The maximum absolute atomic E-state index is 12.4. The van der Waals surface area contributed by atoms with Gasteiger partial charge in [0.25, 0.3) is 0 Å². The number of ether oxygens (including phenoxy) is 4. The van der Waals surface area contributed by atoms with Crippen LogP contribution in [0.4, 0.5) is 75.7 Å². The summed E-state index contributed by atoms with van der Waals surface area (Å²) in [6.45, 7) is 25.5. The van der Waals surface area contributed by atoms with E-state index in [-0.39, 0.29) is 23.0 Å². The molecule has 0 bridgehead atoms. The lowest BCUT2D eigenvalue weighted by Gasteiger charge is -2.34. The van der Waals surface area contributed by atoms with E-state index in [4.69, 9.17) is 18.1 Å². The minimum atomic E-state index is -4.74. The number of aromatic nitrogens is 18. The molecule has 0 amide bonds. The number of likely N-dealkylation sites (N-methyl/N-ethyl adjacent to an activating group) is 4. The molecule has 14 heterocycles. The van der Waals surface area contributed by atoms with Gasteiger partial charge in [0.2, 0.25) is 34.8 Å². The van der Waals surface area contributed by atoms with Crippen LogP contribution in [0.2, 0.25) is 0 Å². The van der Waals surface area contributed by atoms with Crippen LogP contribution in [0.1, 0.15) is 45.6 Å². The summed E-state index contributed by atoms with van der Waals surface area (Å²) in [7, 11) is 8.51.